The Morgan fingerprint density at radius 1 is 1.19 bits per heavy atom. The van der Waals surface area contributed by atoms with E-state index in [0.29, 0.717) is 5.41 Å². The number of carbonyl (C=O) groups excluding carboxylic acids is 2. The second-order valence-corrected chi connectivity index (χ2v) is 9.92. The first-order chi connectivity index (χ1) is 12.5. The summed E-state index contributed by atoms with van der Waals surface area (Å²) < 4.78 is 5.34. The van der Waals surface area contributed by atoms with Crippen molar-refractivity contribution in [1.29, 1.82) is 0 Å². The zero-order valence-electron chi connectivity index (χ0n) is 15.7. The standard InChI is InChI=1S/C21H29NO3S/c1-26(2)15-18(23)19(17-8-10-21(11-9-17)12-13-21)22-20(24)25-14-16-6-4-3-5-7-16/h3-7,15,17,19H,8-14H2,1-2H3,(H,22,24). The molecule has 1 aromatic rings. The summed E-state index contributed by atoms with van der Waals surface area (Å²) >= 11 is 0. The molecule has 0 radical (unpaired) electrons. The van der Waals surface area contributed by atoms with Crippen molar-refractivity contribution < 1.29 is 14.3 Å². The lowest BCUT2D eigenvalue weighted by atomic mass is 9.76. The summed E-state index contributed by atoms with van der Waals surface area (Å²) in [5.74, 6) is 0.254. The summed E-state index contributed by atoms with van der Waals surface area (Å²) in [7, 11) is -0.0886. The van der Waals surface area contributed by atoms with E-state index >= 15 is 0 Å². The molecule has 1 N–H and O–H groups in total. The van der Waals surface area contributed by atoms with Gasteiger partial charge in [-0.1, -0.05) is 30.3 Å². The Hall–Kier alpha value is -1.62. The lowest BCUT2D eigenvalue weighted by Gasteiger charge is -2.33. The van der Waals surface area contributed by atoms with Crippen LogP contribution < -0.4 is 5.32 Å². The smallest absolute Gasteiger partial charge is 0.408 e. The molecule has 2 saturated carbocycles. The summed E-state index contributed by atoms with van der Waals surface area (Å²) in [6.45, 7) is 0.219. The highest BCUT2D eigenvalue weighted by atomic mass is 32.2. The molecule has 142 valence electrons. The van der Waals surface area contributed by atoms with Gasteiger partial charge in [0.25, 0.3) is 0 Å². The van der Waals surface area contributed by atoms with Crippen LogP contribution in [0, 0.1) is 11.3 Å². The van der Waals surface area contributed by atoms with E-state index in [0.717, 1.165) is 18.4 Å². The van der Waals surface area contributed by atoms with E-state index in [2.05, 4.69) is 5.32 Å². The minimum atomic E-state index is -0.501. The molecule has 0 saturated heterocycles. The van der Waals surface area contributed by atoms with Crippen LogP contribution in [0.15, 0.2) is 30.3 Å². The van der Waals surface area contributed by atoms with Crippen molar-refractivity contribution in [3.8, 4) is 0 Å². The summed E-state index contributed by atoms with van der Waals surface area (Å²) in [6.07, 6.45) is 10.6. The number of carbonyl (C=O) groups is 2. The third kappa shape index (κ3) is 5.19. The predicted octanol–water partition coefficient (Wildman–Crippen LogP) is 4.15. The van der Waals surface area contributed by atoms with E-state index < -0.39 is 12.1 Å². The van der Waals surface area contributed by atoms with Crippen LogP contribution in [0.1, 0.15) is 44.1 Å². The summed E-state index contributed by atoms with van der Waals surface area (Å²) in [4.78, 5) is 25.0. The van der Waals surface area contributed by atoms with Gasteiger partial charge in [0, 0.05) is 5.37 Å². The van der Waals surface area contributed by atoms with Gasteiger partial charge in [-0.05, 0) is 67.9 Å². The lowest BCUT2D eigenvalue weighted by molar-refractivity contribution is -0.115. The van der Waals surface area contributed by atoms with Crippen molar-refractivity contribution in [3.05, 3.63) is 35.9 Å². The third-order valence-electron chi connectivity index (χ3n) is 5.66. The van der Waals surface area contributed by atoms with Crippen molar-refractivity contribution in [2.45, 2.75) is 51.2 Å². The van der Waals surface area contributed by atoms with E-state index in [1.807, 2.05) is 42.8 Å². The quantitative estimate of drug-likeness (QED) is 0.760. The van der Waals surface area contributed by atoms with E-state index in [-0.39, 0.29) is 28.8 Å². The molecule has 4 nitrogen and oxygen atoms in total. The Morgan fingerprint density at radius 2 is 1.85 bits per heavy atom. The molecular weight excluding hydrogens is 346 g/mol. The van der Waals surface area contributed by atoms with Gasteiger partial charge in [0.05, 0.1) is 6.04 Å². The Morgan fingerprint density at radius 3 is 2.42 bits per heavy atom. The molecule has 3 rings (SSSR count). The number of ketones is 1. The van der Waals surface area contributed by atoms with Gasteiger partial charge in [-0.2, -0.15) is 10.5 Å². The molecule has 0 heterocycles. The minimum absolute atomic E-state index is 0.0340. The zero-order chi connectivity index (χ0) is 18.6. The fraction of sp³-hybridized carbons (Fsp3) is 0.571. The van der Waals surface area contributed by atoms with Crippen molar-refractivity contribution in [1.82, 2.24) is 5.32 Å². The number of alkyl carbamates (subject to hydrolysis) is 1. The van der Waals surface area contributed by atoms with Crippen LogP contribution in [0.2, 0.25) is 0 Å². The normalized spacial score (nSPS) is 19.8. The molecule has 1 unspecified atom stereocenters. The highest BCUT2D eigenvalue weighted by Gasteiger charge is 2.46. The lowest BCUT2D eigenvalue weighted by Crippen LogP contribution is -2.47. The van der Waals surface area contributed by atoms with Gasteiger partial charge in [-0.3, -0.25) is 4.79 Å². The summed E-state index contributed by atoms with van der Waals surface area (Å²) in [5.41, 5.74) is 1.51. The molecule has 0 bridgehead atoms. The molecule has 26 heavy (non-hydrogen) atoms. The first-order valence-electron chi connectivity index (χ1n) is 9.40. The number of hydrogen-bond acceptors (Lipinski definition) is 3. The molecule has 1 aromatic carbocycles. The molecule has 0 aliphatic heterocycles. The summed E-state index contributed by atoms with van der Waals surface area (Å²) in [5, 5.41) is 4.63. The number of Topliss-reactive ketones (excluding diaryl/α,β-unsaturated/α-hetero) is 1. The summed E-state index contributed by atoms with van der Waals surface area (Å²) in [6, 6.07) is 9.13. The first-order valence-corrected chi connectivity index (χ1v) is 11.5. The molecule has 5 heteroatoms. The van der Waals surface area contributed by atoms with Crippen LogP contribution in [0.3, 0.4) is 0 Å². The van der Waals surface area contributed by atoms with Gasteiger partial charge in [0.2, 0.25) is 0 Å². The number of hydrogen-bond donors (Lipinski definition) is 1. The number of ether oxygens (including phenoxy) is 1. The molecule has 1 spiro atoms. The maximum atomic E-state index is 12.7. The highest BCUT2D eigenvalue weighted by Crippen LogP contribution is 2.57. The van der Waals surface area contributed by atoms with Gasteiger partial charge in [-0.15, -0.1) is 0 Å². The van der Waals surface area contributed by atoms with Crippen LogP contribution >= 0.6 is 10.5 Å². The average molecular weight is 376 g/mol. The largest absolute Gasteiger partial charge is 0.445 e. The second kappa shape index (κ2) is 8.38. The van der Waals surface area contributed by atoms with Crippen LogP contribution in [-0.4, -0.2) is 35.8 Å². The van der Waals surface area contributed by atoms with Gasteiger partial charge in [0.1, 0.15) is 6.61 Å². The Kier molecular flexibility index (Phi) is 6.17. The van der Waals surface area contributed by atoms with E-state index in [4.69, 9.17) is 4.74 Å². The molecule has 2 fully saturated rings. The second-order valence-electron chi connectivity index (χ2n) is 7.92. The van der Waals surface area contributed by atoms with Crippen molar-refractivity contribution in [3.63, 3.8) is 0 Å². The maximum absolute atomic E-state index is 12.7. The Labute approximate surface area is 158 Å². The monoisotopic (exact) mass is 375 g/mol. The van der Waals surface area contributed by atoms with Crippen LogP contribution in [-0.2, 0) is 16.1 Å². The molecule has 2 aliphatic rings. The van der Waals surface area contributed by atoms with E-state index in [1.54, 1.807) is 5.37 Å². The molecular formula is C21H29NO3S. The van der Waals surface area contributed by atoms with E-state index in [9.17, 15) is 9.59 Å². The average Bonchev–Trinajstić information content (AvgIpc) is 3.38. The van der Waals surface area contributed by atoms with Gasteiger partial charge in [0.15, 0.2) is 5.78 Å². The van der Waals surface area contributed by atoms with Gasteiger partial charge < -0.3 is 10.1 Å². The predicted molar refractivity (Wildman–Crippen MR) is 108 cm³/mol. The van der Waals surface area contributed by atoms with Crippen LogP contribution in [0.5, 0.6) is 0 Å². The number of nitrogens with one attached hydrogen (secondary N) is 1. The van der Waals surface area contributed by atoms with Crippen molar-refractivity contribution >= 4 is 27.7 Å². The van der Waals surface area contributed by atoms with E-state index in [1.165, 1.54) is 25.7 Å². The third-order valence-corrected chi connectivity index (χ3v) is 6.37. The first kappa shape index (κ1) is 19.2. The molecule has 2 aliphatic carbocycles. The topological polar surface area (TPSA) is 55.4 Å². The van der Waals surface area contributed by atoms with Crippen LogP contribution in [0.4, 0.5) is 4.79 Å². The van der Waals surface area contributed by atoms with Crippen LogP contribution in [0.25, 0.3) is 0 Å². The zero-order valence-corrected chi connectivity index (χ0v) is 16.5. The van der Waals surface area contributed by atoms with Crippen molar-refractivity contribution in [2.24, 2.45) is 11.3 Å². The number of benzene rings is 1. The Balaban J connectivity index is 1.60. The number of rotatable bonds is 6. The molecule has 1 amide bonds. The number of amides is 1. The highest BCUT2D eigenvalue weighted by molar-refractivity contribution is 8.14. The molecule has 1 atom stereocenters. The fourth-order valence-electron chi connectivity index (χ4n) is 3.88. The Bertz CT molecular complexity index is 668. The maximum Gasteiger partial charge on any atom is 0.408 e. The van der Waals surface area contributed by atoms with Gasteiger partial charge >= 0.3 is 6.09 Å². The fourth-order valence-corrected chi connectivity index (χ4v) is 4.49. The minimum Gasteiger partial charge on any atom is -0.445 e. The van der Waals surface area contributed by atoms with Crippen molar-refractivity contribution in [2.75, 3.05) is 12.5 Å². The SMILES string of the molecule is CS(C)=CC(=O)C(NC(=O)OCc1ccccc1)C1CCC2(CC1)CC2. The van der Waals surface area contributed by atoms with Gasteiger partial charge in [-0.25, -0.2) is 4.79 Å². The molecule has 0 aromatic heterocycles.